The fourth-order valence-electron chi connectivity index (χ4n) is 2.93. The number of nitrogens with one attached hydrogen (secondary N) is 1. The van der Waals surface area contributed by atoms with E-state index < -0.39 is 0 Å². The van der Waals surface area contributed by atoms with Gasteiger partial charge in [0.1, 0.15) is 0 Å². The van der Waals surface area contributed by atoms with E-state index in [1.54, 1.807) is 25.1 Å². The molecular formula is C22H25N3O2S. The van der Waals surface area contributed by atoms with Gasteiger partial charge in [0.05, 0.1) is 11.3 Å². The summed E-state index contributed by atoms with van der Waals surface area (Å²) in [6.07, 6.45) is 2.93. The number of aromatic nitrogens is 1. The predicted octanol–water partition coefficient (Wildman–Crippen LogP) is 3.64. The van der Waals surface area contributed by atoms with Crippen molar-refractivity contribution in [3.8, 4) is 0 Å². The Morgan fingerprint density at radius 2 is 1.79 bits per heavy atom. The molecule has 0 saturated heterocycles. The number of rotatable bonds is 8. The number of para-hydroxylation sites is 1. The van der Waals surface area contributed by atoms with E-state index in [4.69, 9.17) is 0 Å². The number of amides is 2. The summed E-state index contributed by atoms with van der Waals surface area (Å²) in [7, 11) is 3.46. The number of benzene rings is 2. The second-order valence-corrected chi connectivity index (χ2v) is 7.77. The first-order valence-electron chi connectivity index (χ1n) is 9.30. The van der Waals surface area contributed by atoms with Crippen molar-refractivity contribution in [2.24, 2.45) is 0 Å². The fourth-order valence-corrected chi connectivity index (χ4v) is 3.96. The third kappa shape index (κ3) is 4.95. The molecule has 6 heteroatoms. The van der Waals surface area contributed by atoms with Crippen LogP contribution in [0.5, 0.6) is 0 Å². The van der Waals surface area contributed by atoms with Gasteiger partial charge in [-0.3, -0.25) is 9.59 Å². The quantitative estimate of drug-likeness (QED) is 0.468. The highest BCUT2D eigenvalue weighted by Crippen LogP contribution is 2.23. The highest BCUT2D eigenvalue weighted by molar-refractivity contribution is 8.00. The van der Waals surface area contributed by atoms with Gasteiger partial charge in [0.15, 0.2) is 0 Å². The Hall–Kier alpha value is -2.73. The third-order valence-corrected chi connectivity index (χ3v) is 5.58. The van der Waals surface area contributed by atoms with Gasteiger partial charge in [0.2, 0.25) is 5.91 Å². The van der Waals surface area contributed by atoms with Crippen LogP contribution in [0.1, 0.15) is 16.8 Å². The molecule has 0 fully saturated rings. The molecule has 0 saturated carbocycles. The average Bonchev–Trinajstić information content (AvgIpc) is 3.12. The number of nitrogens with zero attached hydrogens (tertiary/aromatic N) is 2. The van der Waals surface area contributed by atoms with Crippen molar-refractivity contribution >= 4 is 34.5 Å². The lowest BCUT2D eigenvalue weighted by Crippen LogP contribution is -2.26. The zero-order chi connectivity index (χ0) is 19.9. The molecule has 2 amide bonds. The standard InChI is InChI=1S/C22H25N3O2S/c1-24(2)21(26)16-28-20-11-6-4-9-18(20)22(27)23-13-7-14-25-15-12-17-8-3-5-10-19(17)25/h3-6,8-12,15H,7,13-14,16H2,1-2H3,(H,23,27). The van der Waals surface area contributed by atoms with Crippen molar-refractivity contribution in [3.63, 3.8) is 0 Å². The summed E-state index contributed by atoms with van der Waals surface area (Å²) in [5, 5.41) is 4.23. The van der Waals surface area contributed by atoms with Gasteiger partial charge in [-0.15, -0.1) is 11.8 Å². The van der Waals surface area contributed by atoms with Gasteiger partial charge < -0.3 is 14.8 Å². The summed E-state index contributed by atoms with van der Waals surface area (Å²) < 4.78 is 2.21. The Bertz CT molecular complexity index is 965. The Morgan fingerprint density at radius 1 is 1.04 bits per heavy atom. The number of hydrogen-bond donors (Lipinski definition) is 1. The summed E-state index contributed by atoms with van der Waals surface area (Å²) in [5.74, 6) is 0.245. The molecule has 1 heterocycles. The van der Waals surface area contributed by atoms with Crippen LogP contribution >= 0.6 is 11.8 Å². The molecule has 28 heavy (non-hydrogen) atoms. The predicted molar refractivity (Wildman–Crippen MR) is 115 cm³/mol. The molecule has 0 bridgehead atoms. The van der Waals surface area contributed by atoms with Crippen LogP contribution in [0.2, 0.25) is 0 Å². The van der Waals surface area contributed by atoms with Crippen LogP contribution in [0.4, 0.5) is 0 Å². The van der Waals surface area contributed by atoms with E-state index in [1.165, 1.54) is 22.7 Å². The monoisotopic (exact) mass is 395 g/mol. The van der Waals surface area contributed by atoms with Gasteiger partial charge in [-0.2, -0.15) is 0 Å². The molecule has 3 aromatic rings. The highest BCUT2D eigenvalue weighted by Gasteiger charge is 2.13. The number of fused-ring (bicyclic) bond motifs is 1. The molecule has 1 N–H and O–H groups in total. The lowest BCUT2D eigenvalue weighted by atomic mass is 10.2. The van der Waals surface area contributed by atoms with Crippen LogP contribution in [0.15, 0.2) is 65.7 Å². The summed E-state index contributed by atoms with van der Waals surface area (Å²) >= 11 is 1.39. The molecule has 2 aromatic carbocycles. The summed E-state index contributed by atoms with van der Waals surface area (Å²) in [6.45, 7) is 1.45. The minimum absolute atomic E-state index is 0.0270. The largest absolute Gasteiger partial charge is 0.352 e. The Balaban J connectivity index is 1.53. The molecule has 146 valence electrons. The number of aryl methyl sites for hydroxylation is 1. The zero-order valence-electron chi connectivity index (χ0n) is 16.2. The van der Waals surface area contributed by atoms with Gasteiger partial charge in [-0.1, -0.05) is 30.3 Å². The van der Waals surface area contributed by atoms with E-state index in [-0.39, 0.29) is 11.8 Å². The molecule has 0 radical (unpaired) electrons. The van der Waals surface area contributed by atoms with Crippen molar-refractivity contribution in [2.75, 3.05) is 26.4 Å². The summed E-state index contributed by atoms with van der Waals surface area (Å²) in [6, 6.07) is 17.8. The Morgan fingerprint density at radius 3 is 2.61 bits per heavy atom. The summed E-state index contributed by atoms with van der Waals surface area (Å²) in [5.41, 5.74) is 1.83. The van der Waals surface area contributed by atoms with Gasteiger partial charge >= 0.3 is 0 Å². The minimum atomic E-state index is -0.0993. The van der Waals surface area contributed by atoms with Crippen LogP contribution in [-0.4, -0.2) is 47.7 Å². The van der Waals surface area contributed by atoms with Crippen molar-refractivity contribution < 1.29 is 9.59 Å². The van der Waals surface area contributed by atoms with E-state index in [0.717, 1.165) is 17.9 Å². The highest BCUT2D eigenvalue weighted by atomic mass is 32.2. The van der Waals surface area contributed by atoms with Gasteiger partial charge in [-0.25, -0.2) is 0 Å². The molecule has 3 rings (SSSR count). The molecule has 0 aliphatic heterocycles. The fraction of sp³-hybridized carbons (Fsp3) is 0.273. The number of thioether (sulfide) groups is 1. The zero-order valence-corrected chi connectivity index (χ0v) is 17.0. The van der Waals surface area contributed by atoms with Crippen molar-refractivity contribution in [1.82, 2.24) is 14.8 Å². The number of carbonyl (C=O) groups is 2. The molecule has 5 nitrogen and oxygen atoms in total. The topological polar surface area (TPSA) is 54.3 Å². The Kier molecular flexibility index (Phi) is 6.76. The first-order valence-corrected chi connectivity index (χ1v) is 10.3. The number of hydrogen-bond acceptors (Lipinski definition) is 3. The Labute approximate surface area is 169 Å². The van der Waals surface area contributed by atoms with Crippen molar-refractivity contribution in [3.05, 3.63) is 66.4 Å². The first kappa shape index (κ1) is 20.0. The second kappa shape index (κ2) is 9.46. The molecule has 0 aliphatic rings. The van der Waals surface area contributed by atoms with E-state index in [9.17, 15) is 9.59 Å². The van der Waals surface area contributed by atoms with Crippen LogP contribution < -0.4 is 5.32 Å². The average molecular weight is 396 g/mol. The lowest BCUT2D eigenvalue weighted by molar-refractivity contribution is -0.125. The first-order chi connectivity index (χ1) is 13.6. The normalized spacial score (nSPS) is 10.8. The van der Waals surface area contributed by atoms with Crippen LogP contribution in [-0.2, 0) is 11.3 Å². The second-order valence-electron chi connectivity index (χ2n) is 6.75. The van der Waals surface area contributed by atoms with Crippen LogP contribution in [0, 0.1) is 0 Å². The molecule has 0 aliphatic carbocycles. The van der Waals surface area contributed by atoms with Gasteiger partial charge in [0.25, 0.3) is 5.91 Å². The molecule has 0 spiro atoms. The minimum Gasteiger partial charge on any atom is -0.352 e. The maximum absolute atomic E-state index is 12.6. The SMILES string of the molecule is CN(C)C(=O)CSc1ccccc1C(=O)NCCCn1ccc2ccccc21. The van der Waals surface area contributed by atoms with Crippen molar-refractivity contribution in [1.29, 1.82) is 0 Å². The van der Waals surface area contributed by atoms with E-state index >= 15 is 0 Å². The lowest BCUT2D eigenvalue weighted by Gasteiger charge is -2.12. The third-order valence-electron chi connectivity index (χ3n) is 4.52. The molecular weight excluding hydrogens is 370 g/mol. The maximum atomic E-state index is 12.6. The van der Waals surface area contributed by atoms with Crippen LogP contribution in [0.3, 0.4) is 0 Å². The van der Waals surface area contributed by atoms with E-state index in [2.05, 4.69) is 34.3 Å². The summed E-state index contributed by atoms with van der Waals surface area (Å²) in [4.78, 5) is 26.8. The van der Waals surface area contributed by atoms with Gasteiger partial charge in [0, 0.05) is 43.8 Å². The van der Waals surface area contributed by atoms with Gasteiger partial charge in [-0.05, 0) is 36.1 Å². The maximum Gasteiger partial charge on any atom is 0.252 e. The van der Waals surface area contributed by atoms with Crippen LogP contribution in [0.25, 0.3) is 10.9 Å². The van der Waals surface area contributed by atoms with Crippen molar-refractivity contribution in [2.45, 2.75) is 17.9 Å². The molecule has 0 atom stereocenters. The van der Waals surface area contributed by atoms with E-state index in [0.29, 0.717) is 17.9 Å². The number of carbonyl (C=O) groups excluding carboxylic acids is 2. The smallest absolute Gasteiger partial charge is 0.252 e. The molecule has 0 unspecified atom stereocenters. The molecule has 1 aromatic heterocycles. The van der Waals surface area contributed by atoms with E-state index in [1.807, 2.05) is 30.3 Å².